The van der Waals surface area contributed by atoms with Gasteiger partial charge in [0.05, 0.1) is 0 Å². The molecule has 0 unspecified atom stereocenters. The van der Waals surface area contributed by atoms with E-state index in [1.807, 2.05) is 67.7 Å². The number of carbonyl (C=O) groups is 1. The monoisotopic (exact) mass is 254 g/mol. The van der Waals surface area contributed by atoms with E-state index in [0.717, 1.165) is 23.4 Å². The lowest BCUT2D eigenvalue weighted by Gasteiger charge is -2.11. The van der Waals surface area contributed by atoms with Gasteiger partial charge in [0.25, 0.3) is 0 Å². The van der Waals surface area contributed by atoms with E-state index < -0.39 is 0 Å². The molecule has 0 aliphatic carbocycles. The highest BCUT2D eigenvalue weighted by molar-refractivity contribution is 5.96. The molecule has 3 heteroatoms. The fourth-order valence-electron chi connectivity index (χ4n) is 1.86. The van der Waals surface area contributed by atoms with Crippen LogP contribution in [0.3, 0.4) is 0 Å². The Hall–Kier alpha value is -2.16. The van der Waals surface area contributed by atoms with Crippen molar-refractivity contribution in [1.29, 1.82) is 0 Å². The molecule has 0 amide bonds. The van der Waals surface area contributed by atoms with Crippen molar-refractivity contribution < 1.29 is 4.79 Å². The van der Waals surface area contributed by atoms with E-state index in [1.165, 1.54) is 0 Å². The van der Waals surface area contributed by atoms with Gasteiger partial charge in [-0.1, -0.05) is 36.4 Å². The van der Waals surface area contributed by atoms with Crippen LogP contribution >= 0.6 is 0 Å². The van der Waals surface area contributed by atoms with Crippen molar-refractivity contribution in [1.82, 2.24) is 4.98 Å². The van der Waals surface area contributed by atoms with E-state index in [2.05, 4.69) is 4.98 Å². The second-order valence-electron chi connectivity index (χ2n) is 4.71. The minimum absolute atomic E-state index is 0.178. The van der Waals surface area contributed by atoms with E-state index in [9.17, 15) is 4.79 Å². The lowest BCUT2D eigenvalue weighted by atomic mass is 10.0. The number of Topliss-reactive ketones (excluding diaryl/α,β-unsaturated/α-hetero) is 1. The van der Waals surface area contributed by atoms with Gasteiger partial charge in [-0.05, 0) is 18.1 Å². The van der Waals surface area contributed by atoms with Crippen LogP contribution in [0.25, 0.3) is 0 Å². The summed E-state index contributed by atoms with van der Waals surface area (Å²) in [5.74, 6) is 1.11. The van der Waals surface area contributed by atoms with Gasteiger partial charge in [-0.15, -0.1) is 0 Å². The number of nitrogens with zero attached hydrogens (tertiary/aromatic N) is 2. The molecule has 0 saturated carbocycles. The molecule has 0 bridgehead atoms. The summed E-state index contributed by atoms with van der Waals surface area (Å²) in [6.45, 7) is 0. The predicted octanol–water partition coefficient (Wildman–Crippen LogP) is 2.96. The molecule has 1 aromatic carbocycles. The number of aromatic nitrogens is 1. The summed E-state index contributed by atoms with van der Waals surface area (Å²) < 4.78 is 0. The first-order chi connectivity index (χ1) is 9.16. The van der Waals surface area contributed by atoms with Crippen molar-refractivity contribution in [2.24, 2.45) is 0 Å². The molecule has 0 fully saturated rings. The largest absolute Gasteiger partial charge is 0.363 e. The van der Waals surface area contributed by atoms with Gasteiger partial charge in [0, 0.05) is 32.3 Å². The fraction of sp³-hybridized carbons (Fsp3) is 0.250. The lowest BCUT2D eigenvalue weighted by molar-refractivity contribution is 0.0983. The highest BCUT2D eigenvalue weighted by Gasteiger charge is 2.05. The number of benzene rings is 1. The lowest BCUT2D eigenvalue weighted by Crippen LogP contribution is -2.10. The molecule has 1 aromatic heterocycles. The Labute approximate surface area is 113 Å². The summed E-state index contributed by atoms with van der Waals surface area (Å²) in [6.07, 6.45) is 3.09. The van der Waals surface area contributed by atoms with Gasteiger partial charge in [-0.25, -0.2) is 4.98 Å². The average molecular weight is 254 g/mol. The summed E-state index contributed by atoms with van der Waals surface area (Å²) in [5.41, 5.74) is 1.87. The highest BCUT2D eigenvalue weighted by Crippen LogP contribution is 2.11. The number of anilines is 1. The topological polar surface area (TPSA) is 33.2 Å². The van der Waals surface area contributed by atoms with Crippen molar-refractivity contribution in [3.8, 4) is 0 Å². The summed E-state index contributed by atoms with van der Waals surface area (Å²) in [7, 11) is 3.92. The third-order valence-electron chi connectivity index (χ3n) is 3.00. The standard InChI is InChI=1S/C16H18N2O/c1-18(2)16-11-9-13(12-17-16)8-10-15(19)14-6-4-3-5-7-14/h3-7,9,11-12H,8,10H2,1-2H3. The summed E-state index contributed by atoms with van der Waals surface area (Å²) in [4.78, 5) is 18.3. The molecule has 1 heterocycles. The first-order valence-corrected chi connectivity index (χ1v) is 6.37. The molecule has 0 aliphatic heterocycles. The maximum absolute atomic E-state index is 12.0. The molecule has 0 aliphatic rings. The van der Waals surface area contributed by atoms with Gasteiger partial charge >= 0.3 is 0 Å². The van der Waals surface area contributed by atoms with Crippen molar-refractivity contribution in [3.63, 3.8) is 0 Å². The highest BCUT2D eigenvalue weighted by atomic mass is 16.1. The SMILES string of the molecule is CN(C)c1ccc(CCC(=O)c2ccccc2)cn1. The molecule has 0 radical (unpaired) electrons. The fourth-order valence-corrected chi connectivity index (χ4v) is 1.86. The van der Waals surface area contributed by atoms with Crippen molar-refractivity contribution in [2.75, 3.05) is 19.0 Å². The van der Waals surface area contributed by atoms with Gasteiger partial charge in [0.1, 0.15) is 5.82 Å². The summed E-state index contributed by atoms with van der Waals surface area (Å²) >= 11 is 0. The number of pyridine rings is 1. The molecular formula is C16H18N2O. The summed E-state index contributed by atoms with van der Waals surface area (Å²) in [6, 6.07) is 13.4. The van der Waals surface area contributed by atoms with Crippen LogP contribution in [0.5, 0.6) is 0 Å². The zero-order valence-corrected chi connectivity index (χ0v) is 11.3. The Bertz CT molecular complexity index is 532. The molecule has 98 valence electrons. The number of aryl methyl sites for hydroxylation is 1. The molecule has 0 saturated heterocycles. The van der Waals surface area contributed by atoms with Crippen LogP contribution in [-0.2, 0) is 6.42 Å². The maximum Gasteiger partial charge on any atom is 0.163 e. The van der Waals surface area contributed by atoms with Crippen LogP contribution in [0.1, 0.15) is 22.3 Å². The quantitative estimate of drug-likeness (QED) is 0.769. The van der Waals surface area contributed by atoms with E-state index in [0.29, 0.717) is 6.42 Å². The Morgan fingerprint density at radius 2 is 1.84 bits per heavy atom. The molecular weight excluding hydrogens is 236 g/mol. The minimum Gasteiger partial charge on any atom is -0.363 e. The maximum atomic E-state index is 12.0. The van der Waals surface area contributed by atoms with Crippen LogP contribution in [0, 0.1) is 0 Å². The molecule has 3 nitrogen and oxygen atoms in total. The molecule has 19 heavy (non-hydrogen) atoms. The van der Waals surface area contributed by atoms with Crippen LogP contribution in [0.15, 0.2) is 48.7 Å². The summed E-state index contributed by atoms with van der Waals surface area (Å²) in [5, 5.41) is 0. The smallest absolute Gasteiger partial charge is 0.163 e. The third-order valence-corrected chi connectivity index (χ3v) is 3.00. The van der Waals surface area contributed by atoms with Crippen molar-refractivity contribution in [2.45, 2.75) is 12.8 Å². The first-order valence-electron chi connectivity index (χ1n) is 6.37. The van der Waals surface area contributed by atoms with Gasteiger partial charge in [0.2, 0.25) is 0 Å². The van der Waals surface area contributed by atoms with Crippen LogP contribution in [0.2, 0.25) is 0 Å². The number of ketones is 1. The Kier molecular flexibility index (Phi) is 4.29. The predicted molar refractivity (Wildman–Crippen MR) is 77.7 cm³/mol. The molecule has 0 spiro atoms. The van der Waals surface area contributed by atoms with E-state index in [1.54, 1.807) is 0 Å². The number of rotatable bonds is 5. The zero-order valence-electron chi connectivity index (χ0n) is 11.3. The molecule has 0 atom stereocenters. The van der Waals surface area contributed by atoms with E-state index >= 15 is 0 Å². The Balaban J connectivity index is 1.94. The Morgan fingerprint density at radius 3 is 2.42 bits per heavy atom. The van der Waals surface area contributed by atoms with Gasteiger partial charge in [0.15, 0.2) is 5.78 Å². The molecule has 0 N–H and O–H groups in total. The number of carbonyl (C=O) groups excluding carboxylic acids is 1. The van der Waals surface area contributed by atoms with E-state index in [-0.39, 0.29) is 5.78 Å². The zero-order chi connectivity index (χ0) is 13.7. The van der Waals surface area contributed by atoms with Crippen LogP contribution in [0.4, 0.5) is 5.82 Å². The van der Waals surface area contributed by atoms with E-state index in [4.69, 9.17) is 0 Å². The number of hydrogen-bond donors (Lipinski definition) is 0. The van der Waals surface area contributed by atoms with Crippen LogP contribution < -0.4 is 4.90 Å². The van der Waals surface area contributed by atoms with Gasteiger partial charge in [-0.2, -0.15) is 0 Å². The molecule has 2 aromatic rings. The third kappa shape index (κ3) is 3.65. The average Bonchev–Trinajstić information content (AvgIpc) is 2.46. The second-order valence-corrected chi connectivity index (χ2v) is 4.71. The first kappa shape index (κ1) is 13.3. The van der Waals surface area contributed by atoms with Gasteiger partial charge in [-0.3, -0.25) is 4.79 Å². The normalized spacial score (nSPS) is 10.2. The van der Waals surface area contributed by atoms with Crippen molar-refractivity contribution in [3.05, 3.63) is 59.8 Å². The molecule has 2 rings (SSSR count). The minimum atomic E-state index is 0.178. The Morgan fingerprint density at radius 1 is 1.11 bits per heavy atom. The van der Waals surface area contributed by atoms with Gasteiger partial charge < -0.3 is 4.90 Å². The number of hydrogen-bond acceptors (Lipinski definition) is 3. The second kappa shape index (κ2) is 6.14. The van der Waals surface area contributed by atoms with Crippen LogP contribution in [-0.4, -0.2) is 24.9 Å². The van der Waals surface area contributed by atoms with Crippen molar-refractivity contribution >= 4 is 11.6 Å².